The molecule has 1 aromatic heterocycles. The molecule has 3 heterocycles. The zero-order chi connectivity index (χ0) is 14.5. The van der Waals surface area contributed by atoms with Crippen molar-refractivity contribution in [1.82, 2.24) is 15.6 Å². The predicted molar refractivity (Wildman–Crippen MR) is 98.8 cm³/mol. The number of guanidine groups is 1. The molecule has 0 aromatic carbocycles. The summed E-state index contributed by atoms with van der Waals surface area (Å²) in [5.41, 5.74) is 1.08. The van der Waals surface area contributed by atoms with Crippen LogP contribution in [-0.4, -0.2) is 42.3 Å². The molecule has 0 radical (unpaired) electrons. The highest BCUT2D eigenvalue weighted by molar-refractivity contribution is 14.0. The summed E-state index contributed by atoms with van der Waals surface area (Å²) in [6, 6.07) is 6.41. The summed E-state index contributed by atoms with van der Waals surface area (Å²) < 4.78 is 5.88. The van der Waals surface area contributed by atoms with Crippen LogP contribution in [0, 0.1) is 0 Å². The van der Waals surface area contributed by atoms with E-state index in [1.54, 1.807) is 0 Å². The predicted octanol–water partition coefficient (Wildman–Crippen LogP) is 2.12. The van der Waals surface area contributed by atoms with Gasteiger partial charge in [-0.15, -0.1) is 24.0 Å². The van der Waals surface area contributed by atoms with Crippen LogP contribution in [0.1, 0.15) is 31.9 Å². The van der Waals surface area contributed by atoms with Gasteiger partial charge in [0.25, 0.3) is 0 Å². The molecule has 2 saturated heterocycles. The quantitative estimate of drug-likeness (QED) is 0.439. The van der Waals surface area contributed by atoms with Crippen LogP contribution in [0.4, 0.5) is 0 Å². The van der Waals surface area contributed by atoms with Crippen molar-refractivity contribution in [3.63, 3.8) is 0 Å². The molecule has 0 aliphatic carbocycles. The van der Waals surface area contributed by atoms with E-state index < -0.39 is 0 Å². The van der Waals surface area contributed by atoms with Crippen molar-refractivity contribution in [2.75, 3.05) is 13.1 Å². The van der Waals surface area contributed by atoms with Gasteiger partial charge in [-0.3, -0.25) is 9.98 Å². The van der Waals surface area contributed by atoms with Crippen LogP contribution in [0.15, 0.2) is 29.4 Å². The second kappa shape index (κ2) is 8.67. The number of ether oxygens (including phenoxy) is 1. The Labute approximate surface area is 149 Å². The molecule has 3 atom stereocenters. The lowest BCUT2D eigenvalue weighted by molar-refractivity contribution is 0.0992. The van der Waals surface area contributed by atoms with Crippen molar-refractivity contribution >= 4 is 29.9 Å². The largest absolute Gasteiger partial charge is 0.373 e. The van der Waals surface area contributed by atoms with E-state index in [1.165, 1.54) is 12.8 Å². The lowest BCUT2D eigenvalue weighted by atomic mass is 9.96. The standard InChI is InChI=1S/C16H24N4O.HI/c1-2-17-16(19-10-8-12-5-3-4-9-18-12)20-14-11-13-6-7-15(14)21-13;/h3-5,9,13-15H,2,6-8,10-11H2,1H3,(H2,17,19,20);1H. The van der Waals surface area contributed by atoms with E-state index in [-0.39, 0.29) is 24.0 Å². The van der Waals surface area contributed by atoms with Crippen molar-refractivity contribution in [2.45, 2.75) is 50.9 Å². The molecule has 1 aromatic rings. The SMILES string of the molecule is CCNC(=NCCc1ccccn1)NC1CC2CCC1O2.I. The van der Waals surface area contributed by atoms with Crippen LogP contribution in [0.3, 0.4) is 0 Å². The van der Waals surface area contributed by atoms with Crippen LogP contribution < -0.4 is 10.6 Å². The molecule has 0 saturated carbocycles. The molecule has 2 fully saturated rings. The Morgan fingerprint density at radius 2 is 2.32 bits per heavy atom. The fourth-order valence-electron chi connectivity index (χ4n) is 3.11. The molecular weight excluding hydrogens is 391 g/mol. The van der Waals surface area contributed by atoms with Gasteiger partial charge < -0.3 is 15.4 Å². The maximum atomic E-state index is 5.88. The van der Waals surface area contributed by atoms with Crippen LogP contribution in [0.5, 0.6) is 0 Å². The molecule has 3 rings (SSSR count). The summed E-state index contributed by atoms with van der Waals surface area (Å²) in [4.78, 5) is 8.98. The summed E-state index contributed by atoms with van der Waals surface area (Å²) in [5.74, 6) is 0.898. The minimum Gasteiger partial charge on any atom is -0.373 e. The first-order valence-electron chi connectivity index (χ1n) is 7.95. The average Bonchev–Trinajstić information content (AvgIpc) is 3.11. The maximum Gasteiger partial charge on any atom is 0.191 e. The maximum absolute atomic E-state index is 5.88. The fourth-order valence-corrected chi connectivity index (χ4v) is 3.11. The Bertz CT molecular complexity index is 482. The number of nitrogens with one attached hydrogen (secondary N) is 2. The zero-order valence-electron chi connectivity index (χ0n) is 13.0. The van der Waals surface area contributed by atoms with Gasteiger partial charge in [0.2, 0.25) is 0 Å². The molecule has 2 aliphatic heterocycles. The number of halogens is 1. The molecule has 0 amide bonds. The molecule has 2 bridgehead atoms. The average molecular weight is 416 g/mol. The highest BCUT2D eigenvalue weighted by Gasteiger charge is 2.41. The molecule has 3 unspecified atom stereocenters. The van der Waals surface area contributed by atoms with Crippen LogP contribution in [0.25, 0.3) is 0 Å². The number of aromatic nitrogens is 1. The van der Waals surface area contributed by atoms with E-state index in [0.29, 0.717) is 18.2 Å². The monoisotopic (exact) mass is 416 g/mol. The van der Waals surface area contributed by atoms with E-state index in [1.807, 2.05) is 24.4 Å². The first-order chi connectivity index (χ1) is 10.3. The van der Waals surface area contributed by atoms with E-state index >= 15 is 0 Å². The van der Waals surface area contributed by atoms with Gasteiger partial charge in [-0.25, -0.2) is 0 Å². The van der Waals surface area contributed by atoms with Crippen LogP contribution >= 0.6 is 24.0 Å². The normalized spacial score (nSPS) is 26.6. The Kier molecular flexibility index (Phi) is 6.88. The van der Waals surface area contributed by atoms with Crippen molar-refractivity contribution < 1.29 is 4.74 Å². The fraction of sp³-hybridized carbons (Fsp3) is 0.625. The van der Waals surface area contributed by atoms with E-state index in [9.17, 15) is 0 Å². The summed E-state index contributed by atoms with van der Waals surface area (Å²) in [5, 5.41) is 6.85. The molecule has 6 heteroatoms. The number of hydrogen-bond donors (Lipinski definition) is 2. The van der Waals surface area contributed by atoms with Gasteiger partial charge in [-0.2, -0.15) is 0 Å². The molecule has 122 valence electrons. The highest BCUT2D eigenvalue weighted by Crippen LogP contribution is 2.34. The molecule has 2 N–H and O–H groups in total. The van der Waals surface area contributed by atoms with Crippen molar-refractivity contribution in [3.8, 4) is 0 Å². The molecule has 2 aliphatic rings. The topological polar surface area (TPSA) is 58.5 Å². The second-order valence-electron chi connectivity index (χ2n) is 5.69. The Balaban J connectivity index is 0.00000176. The van der Waals surface area contributed by atoms with Crippen molar-refractivity contribution in [1.29, 1.82) is 0 Å². The first kappa shape index (κ1) is 17.5. The third-order valence-corrected chi connectivity index (χ3v) is 4.14. The molecule has 0 spiro atoms. The number of pyridine rings is 1. The van der Waals surface area contributed by atoms with Gasteiger partial charge in [0, 0.05) is 31.4 Å². The van der Waals surface area contributed by atoms with E-state index in [0.717, 1.165) is 37.6 Å². The van der Waals surface area contributed by atoms with Gasteiger partial charge in [0.05, 0.1) is 18.2 Å². The highest BCUT2D eigenvalue weighted by atomic mass is 127. The summed E-state index contributed by atoms with van der Waals surface area (Å²) >= 11 is 0. The zero-order valence-corrected chi connectivity index (χ0v) is 15.3. The summed E-state index contributed by atoms with van der Waals surface area (Å²) in [6.45, 7) is 3.71. The lowest BCUT2D eigenvalue weighted by Gasteiger charge is -2.22. The van der Waals surface area contributed by atoms with Gasteiger partial charge in [-0.1, -0.05) is 6.07 Å². The third-order valence-electron chi connectivity index (χ3n) is 4.14. The summed E-state index contributed by atoms with van der Waals surface area (Å²) in [7, 11) is 0. The number of fused-ring (bicyclic) bond motifs is 2. The molecule has 5 nitrogen and oxygen atoms in total. The number of hydrogen-bond acceptors (Lipinski definition) is 3. The minimum absolute atomic E-state index is 0. The van der Waals surface area contributed by atoms with E-state index in [2.05, 4.69) is 27.5 Å². The van der Waals surface area contributed by atoms with Gasteiger partial charge in [0.15, 0.2) is 5.96 Å². The Hall–Kier alpha value is -0.890. The number of nitrogens with zero attached hydrogens (tertiary/aromatic N) is 2. The van der Waals surface area contributed by atoms with Gasteiger partial charge in [-0.05, 0) is 38.3 Å². The summed E-state index contributed by atoms with van der Waals surface area (Å²) in [6.07, 6.45) is 7.03. The number of aliphatic imine (C=N–C) groups is 1. The van der Waals surface area contributed by atoms with E-state index in [4.69, 9.17) is 4.74 Å². The van der Waals surface area contributed by atoms with Crippen LogP contribution in [-0.2, 0) is 11.2 Å². The lowest BCUT2D eigenvalue weighted by Crippen LogP contribution is -2.47. The first-order valence-corrected chi connectivity index (χ1v) is 7.95. The Morgan fingerprint density at radius 3 is 2.95 bits per heavy atom. The molecular formula is C16H25IN4O. The third kappa shape index (κ3) is 4.55. The van der Waals surface area contributed by atoms with Crippen molar-refractivity contribution in [2.24, 2.45) is 4.99 Å². The van der Waals surface area contributed by atoms with Crippen molar-refractivity contribution in [3.05, 3.63) is 30.1 Å². The van der Waals surface area contributed by atoms with Crippen LogP contribution in [0.2, 0.25) is 0 Å². The Morgan fingerprint density at radius 1 is 1.41 bits per heavy atom. The second-order valence-corrected chi connectivity index (χ2v) is 5.69. The minimum atomic E-state index is 0. The number of rotatable bonds is 5. The molecule has 22 heavy (non-hydrogen) atoms. The van der Waals surface area contributed by atoms with Gasteiger partial charge >= 0.3 is 0 Å². The smallest absolute Gasteiger partial charge is 0.191 e. The van der Waals surface area contributed by atoms with Gasteiger partial charge in [0.1, 0.15) is 0 Å².